The zero-order chi connectivity index (χ0) is 16.9. The number of hydrogen-bond acceptors (Lipinski definition) is 0. The first-order valence-electron chi connectivity index (χ1n) is 8.46. The maximum atomic E-state index is 3.32. The van der Waals surface area contributed by atoms with Crippen LogP contribution in [0, 0.1) is 0 Å². The van der Waals surface area contributed by atoms with E-state index >= 15 is 0 Å². The van der Waals surface area contributed by atoms with E-state index < -0.39 is 0 Å². The van der Waals surface area contributed by atoms with Crippen molar-refractivity contribution >= 4 is 22.9 Å². The van der Waals surface area contributed by atoms with Crippen LogP contribution >= 0.6 is 0 Å². The van der Waals surface area contributed by atoms with Crippen LogP contribution < -0.4 is 0 Å². The molecular weight excluding hydrogens is 300 g/mol. The molecule has 0 spiro atoms. The van der Waals surface area contributed by atoms with Crippen molar-refractivity contribution < 1.29 is 0 Å². The highest BCUT2D eigenvalue weighted by atomic mass is 14.1. The second kappa shape index (κ2) is 7.05. The van der Waals surface area contributed by atoms with Crippen LogP contribution in [0.25, 0.3) is 34.1 Å². The molecule has 0 heterocycles. The zero-order valence-electron chi connectivity index (χ0n) is 13.9. The van der Waals surface area contributed by atoms with Gasteiger partial charge in [0.15, 0.2) is 0 Å². The van der Waals surface area contributed by atoms with Gasteiger partial charge in [0.1, 0.15) is 0 Å². The van der Waals surface area contributed by atoms with Crippen LogP contribution in [0.2, 0.25) is 0 Å². The fraction of sp³-hybridized carbons (Fsp3) is 0. The van der Waals surface area contributed by atoms with Gasteiger partial charge < -0.3 is 0 Å². The lowest BCUT2D eigenvalue weighted by atomic mass is 9.97. The molecule has 0 unspecified atom stereocenters. The lowest BCUT2D eigenvalue weighted by Gasteiger charge is -2.07. The summed E-state index contributed by atoms with van der Waals surface area (Å²) < 4.78 is 0. The van der Waals surface area contributed by atoms with Crippen molar-refractivity contribution in [2.75, 3.05) is 0 Å². The Morgan fingerprint density at radius 2 is 1.28 bits per heavy atom. The van der Waals surface area contributed by atoms with Crippen molar-refractivity contribution in [1.82, 2.24) is 0 Å². The molecule has 118 valence electrons. The summed E-state index contributed by atoms with van der Waals surface area (Å²) in [5, 5.41) is 2.53. The molecule has 0 fully saturated rings. The summed E-state index contributed by atoms with van der Waals surface area (Å²) in [6.45, 7) is 0. The molecule has 25 heavy (non-hydrogen) atoms. The highest BCUT2D eigenvalue weighted by molar-refractivity contribution is 5.89. The van der Waals surface area contributed by atoms with Crippen LogP contribution in [0.3, 0.4) is 0 Å². The Balaban J connectivity index is 1.74. The standard InChI is InChI=1S/C25H18/c1-2-9-20(10-3-1)11-8-15-22-13-6-7-16-25(22)24-18-17-21-12-4-5-14-23(21)19-24/h1-7,9-19H. The van der Waals surface area contributed by atoms with Gasteiger partial charge in [-0.05, 0) is 51.2 Å². The molecule has 4 aromatic rings. The van der Waals surface area contributed by atoms with Gasteiger partial charge in [-0.1, -0.05) is 91.0 Å². The second-order valence-corrected chi connectivity index (χ2v) is 6.02. The maximum absolute atomic E-state index is 3.32. The van der Waals surface area contributed by atoms with E-state index in [4.69, 9.17) is 0 Å². The summed E-state index contributed by atoms with van der Waals surface area (Å²) in [7, 11) is 0. The van der Waals surface area contributed by atoms with Gasteiger partial charge in [0.2, 0.25) is 0 Å². The smallest absolute Gasteiger partial charge is 0.0101 e. The summed E-state index contributed by atoms with van der Waals surface area (Å²) in [6, 6.07) is 33.8. The van der Waals surface area contributed by atoms with E-state index in [1.54, 1.807) is 0 Å². The molecule has 0 aliphatic carbocycles. The zero-order valence-corrected chi connectivity index (χ0v) is 13.9. The third-order valence-electron chi connectivity index (χ3n) is 4.31. The Hall–Kier alpha value is -3.34. The molecule has 0 aliphatic rings. The van der Waals surface area contributed by atoms with Crippen LogP contribution in [-0.2, 0) is 0 Å². The van der Waals surface area contributed by atoms with Crippen LogP contribution in [0.4, 0.5) is 0 Å². The first-order chi connectivity index (χ1) is 12.4. The van der Waals surface area contributed by atoms with Crippen LogP contribution in [-0.4, -0.2) is 0 Å². The van der Waals surface area contributed by atoms with Crippen LogP contribution in [0.5, 0.6) is 0 Å². The summed E-state index contributed by atoms with van der Waals surface area (Å²) in [5.74, 6) is 0. The Morgan fingerprint density at radius 1 is 0.560 bits per heavy atom. The molecule has 0 heteroatoms. The topological polar surface area (TPSA) is 0 Å². The molecule has 0 saturated carbocycles. The molecule has 0 aliphatic heterocycles. The van der Waals surface area contributed by atoms with Crippen LogP contribution in [0.1, 0.15) is 11.1 Å². The Morgan fingerprint density at radius 3 is 2.16 bits per heavy atom. The molecular formula is C25H18. The van der Waals surface area contributed by atoms with E-state index in [1.165, 1.54) is 27.5 Å². The quantitative estimate of drug-likeness (QED) is 0.363. The van der Waals surface area contributed by atoms with Gasteiger partial charge in [-0.15, -0.1) is 5.73 Å². The van der Waals surface area contributed by atoms with Crippen molar-refractivity contribution in [2.45, 2.75) is 0 Å². The van der Waals surface area contributed by atoms with Crippen molar-refractivity contribution in [3.8, 4) is 11.1 Å². The monoisotopic (exact) mass is 318 g/mol. The number of hydrogen-bond donors (Lipinski definition) is 0. The first kappa shape index (κ1) is 15.2. The molecule has 0 saturated heterocycles. The van der Waals surface area contributed by atoms with E-state index in [0.29, 0.717) is 0 Å². The largest absolute Gasteiger partial charge is 0.120 e. The molecule has 4 aromatic carbocycles. The summed E-state index contributed by atoms with van der Waals surface area (Å²) in [4.78, 5) is 0. The first-order valence-corrected chi connectivity index (χ1v) is 8.46. The molecule has 0 amide bonds. The molecule has 0 atom stereocenters. The van der Waals surface area contributed by atoms with Crippen molar-refractivity contribution in [3.63, 3.8) is 0 Å². The lowest BCUT2D eigenvalue weighted by Crippen LogP contribution is -1.83. The second-order valence-electron chi connectivity index (χ2n) is 6.02. The predicted molar refractivity (Wildman–Crippen MR) is 108 cm³/mol. The van der Waals surface area contributed by atoms with Gasteiger partial charge in [0, 0.05) is 0 Å². The van der Waals surface area contributed by atoms with Crippen molar-refractivity contribution in [3.05, 3.63) is 114 Å². The highest BCUT2D eigenvalue weighted by Crippen LogP contribution is 2.28. The summed E-state index contributed by atoms with van der Waals surface area (Å²) in [6.07, 6.45) is 4.06. The van der Waals surface area contributed by atoms with E-state index in [1.807, 2.05) is 24.3 Å². The average Bonchev–Trinajstić information content (AvgIpc) is 2.69. The summed E-state index contributed by atoms with van der Waals surface area (Å²) >= 11 is 0. The minimum absolute atomic E-state index is 1.15. The van der Waals surface area contributed by atoms with E-state index in [2.05, 4.69) is 90.7 Å². The minimum Gasteiger partial charge on any atom is -0.120 e. The number of rotatable bonds is 3. The van der Waals surface area contributed by atoms with E-state index in [-0.39, 0.29) is 0 Å². The van der Waals surface area contributed by atoms with Gasteiger partial charge in [-0.2, -0.15) is 0 Å². The normalized spacial score (nSPS) is 10.2. The highest BCUT2D eigenvalue weighted by Gasteiger charge is 2.03. The Bertz CT molecular complexity index is 1070. The Kier molecular flexibility index (Phi) is 4.29. The Labute approximate surface area is 148 Å². The van der Waals surface area contributed by atoms with E-state index in [0.717, 1.165) is 5.56 Å². The average molecular weight is 318 g/mol. The molecule has 0 radical (unpaired) electrons. The van der Waals surface area contributed by atoms with Gasteiger partial charge in [0.25, 0.3) is 0 Å². The number of benzene rings is 4. The third-order valence-corrected chi connectivity index (χ3v) is 4.31. The van der Waals surface area contributed by atoms with Crippen LogP contribution in [0.15, 0.2) is 103 Å². The van der Waals surface area contributed by atoms with Gasteiger partial charge in [-0.3, -0.25) is 0 Å². The number of fused-ring (bicyclic) bond motifs is 1. The molecule has 0 bridgehead atoms. The fourth-order valence-electron chi connectivity index (χ4n) is 3.02. The van der Waals surface area contributed by atoms with Gasteiger partial charge >= 0.3 is 0 Å². The molecule has 0 N–H and O–H groups in total. The molecule has 4 rings (SSSR count). The third kappa shape index (κ3) is 3.45. The predicted octanol–water partition coefficient (Wildman–Crippen LogP) is 6.83. The maximum Gasteiger partial charge on any atom is -0.0101 e. The molecule has 0 aromatic heterocycles. The minimum atomic E-state index is 1.15. The van der Waals surface area contributed by atoms with Crippen molar-refractivity contribution in [1.29, 1.82) is 0 Å². The molecule has 0 nitrogen and oxygen atoms in total. The van der Waals surface area contributed by atoms with E-state index in [9.17, 15) is 0 Å². The van der Waals surface area contributed by atoms with Crippen molar-refractivity contribution in [2.24, 2.45) is 0 Å². The van der Waals surface area contributed by atoms with Gasteiger partial charge in [0.05, 0.1) is 0 Å². The fourth-order valence-corrected chi connectivity index (χ4v) is 3.02. The summed E-state index contributed by atoms with van der Waals surface area (Å²) in [5.41, 5.74) is 8.09. The SMILES string of the molecule is C(=Cc1ccccc1)=Cc1ccccc1-c1ccc2ccccc2c1. The lowest BCUT2D eigenvalue weighted by molar-refractivity contribution is 1.61. The van der Waals surface area contributed by atoms with Gasteiger partial charge in [-0.25, -0.2) is 0 Å².